The average Bonchev–Trinajstić information content (AvgIpc) is 2.48. The largest absolute Gasteiger partial charge is 0.377 e. The molecule has 4 nitrogen and oxygen atoms in total. The number of primary amides is 1. The molecule has 0 bridgehead atoms. The minimum Gasteiger partial charge on any atom is -0.377 e. The number of rotatable bonds is 1. The minimum absolute atomic E-state index is 0.116. The van der Waals surface area contributed by atoms with Crippen LogP contribution in [-0.4, -0.2) is 24.2 Å². The summed E-state index contributed by atoms with van der Waals surface area (Å²) in [6, 6.07) is 0. The van der Waals surface area contributed by atoms with Crippen LogP contribution in [0, 0.1) is 11.3 Å². The standard InChI is InChI=1S/C9H16N2O2/c1-8(2)6-5(3-4-13-6)9(8,11)7(10)12/h5-6H,3-4,11H2,1-2H3,(H2,10,12). The topological polar surface area (TPSA) is 78.3 Å². The van der Waals surface area contributed by atoms with Gasteiger partial charge in [-0.2, -0.15) is 0 Å². The third-order valence-corrected chi connectivity index (χ3v) is 3.86. The summed E-state index contributed by atoms with van der Waals surface area (Å²) >= 11 is 0. The van der Waals surface area contributed by atoms with E-state index in [1.54, 1.807) is 0 Å². The average molecular weight is 184 g/mol. The summed E-state index contributed by atoms with van der Waals surface area (Å²) in [5.74, 6) is -0.274. The number of ether oxygens (including phenoxy) is 1. The van der Waals surface area contributed by atoms with Crippen LogP contribution in [0.1, 0.15) is 20.3 Å². The van der Waals surface area contributed by atoms with Crippen LogP contribution in [0.3, 0.4) is 0 Å². The molecule has 3 unspecified atom stereocenters. The van der Waals surface area contributed by atoms with E-state index in [1.807, 2.05) is 13.8 Å². The lowest BCUT2D eigenvalue weighted by Crippen LogP contribution is -2.79. The Hall–Kier alpha value is -0.610. The smallest absolute Gasteiger partial charge is 0.238 e. The van der Waals surface area contributed by atoms with Gasteiger partial charge in [0.1, 0.15) is 5.54 Å². The van der Waals surface area contributed by atoms with Crippen molar-refractivity contribution < 1.29 is 9.53 Å². The second-order valence-corrected chi connectivity index (χ2v) is 4.64. The number of carbonyl (C=O) groups excluding carboxylic acids is 1. The zero-order valence-electron chi connectivity index (χ0n) is 8.04. The van der Waals surface area contributed by atoms with Crippen molar-refractivity contribution in [1.82, 2.24) is 0 Å². The molecule has 1 amide bonds. The van der Waals surface area contributed by atoms with Gasteiger partial charge in [-0.1, -0.05) is 13.8 Å². The molecule has 3 atom stereocenters. The van der Waals surface area contributed by atoms with Crippen molar-refractivity contribution in [3.63, 3.8) is 0 Å². The van der Waals surface area contributed by atoms with Crippen LogP contribution in [0.15, 0.2) is 0 Å². The van der Waals surface area contributed by atoms with Crippen LogP contribution in [-0.2, 0) is 9.53 Å². The number of hydrogen-bond acceptors (Lipinski definition) is 3. The molecule has 1 saturated carbocycles. The number of hydrogen-bond donors (Lipinski definition) is 2. The van der Waals surface area contributed by atoms with E-state index in [0.717, 1.165) is 6.42 Å². The van der Waals surface area contributed by atoms with Crippen molar-refractivity contribution in [3.8, 4) is 0 Å². The van der Waals surface area contributed by atoms with Gasteiger partial charge in [0.05, 0.1) is 6.10 Å². The maximum atomic E-state index is 11.3. The van der Waals surface area contributed by atoms with Crippen LogP contribution in [0.25, 0.3) is 0 Å². The summed E-state index contributed by atoms with van der Waals surface area (Å²) in [5, 5.41) is 0. The van der Waals surface area contributed by atoms with Crippen molar-refractivity contribution in [2.75, 3.05) is 6.61 Å². The van der Waals surface area contributed by atoms with Gasteiger partial charge in [0.15, 0.2) is 0 Å². The first kappa shape index (κ1) is 8.97. The lowest BCUT2D eigenvalue weighted by atomic mass is 9.48. The van der Waals surface area contributed by atoms with E-state index in [-0.39, 0.29) is 17.4 Å². The van der Waals surface area contributed by atoms with Crippen molar-refractivity contribution in [3.05, 3.63) is 0 Å². The minimum atomic E-state index is -0.867. The summed E-state index contributed by atoms with van der Waals surface area (Å²) < 4.78 is 5.52. The Morgan fingerprint density at radius 2 is 2.15 bits per heavy atom. The number of amides is 1. The SMILES string of the molecule is CC1(C)C2OCCC2C1(N)C(N)=O. The Labute approximate surface area is 77.6 Å². The fourth-order valence-corrected chi connectivity index (χ4v) is 2.88. The van der Waals surface area contributed by atoms with Gasteiger partial charge in [-0.25, -0.2) is 0 Å². The molecule has 0 aromatic heterocycles. The lowest BCUT2D eigenvalue weighted by Gasteiger charge is -2.60. The Balaban J connectivity index is 2.35. The van der Waals surface area contributed by atoms with Crippen LogP contribution < -0.4 is 11.5 Å². The van der Waals surface area contributed by atoms with Crippen molar-refractivity contribution in [1.29, 1.82) is 0 Å². The highest BCUT2D eigenvalue weighted by molar-refractivity contribution is 5.88. The van der Waals surface area contributed by atoms with Crippen LogP contribution in [0.4, 0.5) is 0 Å². The third-order valence-electron chi connectivity index (χ3n) is 3.86. The fraction of sp³-hybridized carbons (Fsp3) is 0.889. The summed E-state index contributed by atoms with van der Waals surface area (Å²) in [6.07, 6.45) is 0.970. The molecule has 2 aliphatic rings. The number of carbonyl (C=O) groups is 1. The second-order valence-electron chi connectivity index (χ2n) is 4.64. The molecule has 1 aliphatic heterocycles. The first-order chi connectivity index (χ1) is 5.92. The predicted octanol–water partition coefficient (Wildman–Crippen LogP) is -0.386. The highest BCUT2D eigenvalue weighted by Gasteiger charge is 2.70. The molecule has 74 valence electrons. The van der Waals surface area contributed by atoms with Crippen molar-refractivity contribution >= 4 is 5.91 Å². The quantitative estimate of drug-likeness (QED) is 0.582. The predicted molar refractivity (Wildman–Crippen MR) is 47.7 cm³/mol. The van der Waals surface area contributed by atoms with Crippen LogP contribution >= 0.6 is 0 Å². The number of nitrogens with two attached hydrogens (primary N) is 2. The molecular formula is C9H16N2O2. The Bertz CT molecular complexity index is 264. The number of fused-ring (bicyclic) bond motifs is 1. The Morgan fingerprint density at radius 1 is 1.54 bits per heavy atom. The highest BCUT2D eigenvalue weighted by atomic mass is 16.5. The molecule has 2 fully saturated rings. The molecule has 1 heterocycles. The van der Waals surface area contributed by atoms with Gasteiger partial charge >= 0.3 is 0 Å². The van der Waals surface area contributed by atoms with Gasteiger partial charge in [0.25, 0.3) is 0 Å². The summed E-state index contributed by atoms with van der Waals surface area (Å²) in [5.41, 5.74) is 10.2. The molecule has 0 spiro atoms. The fourth-order valence-electron chi connectivity index (χ4n) is 2.88. The third kappa shape index (κ3) is 0.758. The Morgan fingerprint density at radius 3 is 2.69 bits per heavy atom. The molecule has 4 N–H and O–H groups in total. The molecule has 2 rings (SSSR count). The van der Waals surface area contributed by atoms with E-state index in [9.17, 15) is 4.79 Å². The summed E-state index contributed by atoms with van der Waals surface area (Å²) in [6.45, 7) is 4.60. The first-order valence-corrected chi connectivity index (χ1v) is 4.62. The van der Waals surface area contributed by atoms with Gasteiger partial charge < -0.3 is 16.2 Å². The van der Waals surface area contributed by atoms with Crippen molar-refractivity contribution in [2.45, 2.75) is 31.9 Å². The van der Waals surface area contributed by atoms with E-state index < -0.39 is 11.4 Å². The maximum Gasteiger partial charge on any atom is 0.238 e. The zero-order chi connectivity index (χ0) is 9.85. The molecule has 1 aliphatic carbocycles. The van der Waals surface area contributed by atoms with Crippen molar-refractivity contribution in [2.24, 2.45) is 22.8 Å². The first-order valence-electron chi connectivity index (χ1n) is 4.62. The van der Waals surface area contributed by atoms with Gasteiger partial charge in [-0.3, -0.25) is 4.79 Å². The van der Waals surface area contributed by atoms with E-state index >= 15 is 0 Å². The Kier molecular flexibility index (Phi) is 1.55. The molecule has 4 heteroatoms. The maximum absolute atomic E-state index is 11.3. The van der Waals surface area contributed by atoms with Crippen LogP contribution in [0.2, 0.25) is 0 Å². The van der Waals surface area contributed by atoms with Gasteiger partial charge in [0.2, 0.25) is 5.91 Å². The van der Waals surface area contributed by atoms with Gasteiger partial charge in [-0.15, -0.1) is 0 Å². The van der Waals surface area contributed by atoms with E-state index in [1.165, 1.54) is 0 Å². The molecule has 0 aromatic rings. The lowest BCUT2D eigenvalue weighted by molar-refractivity contribution is -0.172. The van der Waals surface area contributed by atoms with Crippen LogP contribution in [0.5, 0.6) is 0 Å². The summed E-state index contributed by atoms with van der Waals surface area (Å²) in [7, 11) is 0. The molecule has 1 saturated heterocycles. The molecule has 0 radical (unpaired) electrons. The van der Waals surface area contributed by atoms with E-state index in [0.29, 0.717) is 6.61 Å². The monoisotopic (exact) mass is 184 g/mol. The molecular weight excluding hydrogens is 168 g/mol. The van der Waals surface area contributed by atoms with E-state index in [4.69, 9.17) is 16.2 Å². The normalized spacial score (nSPS) is 46.7. The zero-order valence-corrected chi connectivity index (χ0v) is 8.04. The molecule has 13 heavy (non-hydrogen) atoms. The highest BCUT2D eigenvalue weighted by Crippen LogP contribution is 2.57. The molecule has 0 aromatic carbocycles. The van der Waals surface area contributed by atoms with Gasteiger partial charge in [0, 0.05) is 17.9 Å². The van der Waals surface area contributed by atoms with Gasteiger partial charge in [-0.05, 0) is 6.42 Å². The van der Waals surface area contributed by atoms with E-state index in [2.05, 4.69) is 0 Å². The summed E-state index contributed by atoms with van der Waals surface area (Å²) in [4.78, 5) is 11.3. The second kappa shape index (κ2) is 2.25.